The predicted octanol–water partition coefficient (Wildman–Crippen LogP) is 2.12. The molecule has 21 heavy (non-hydrogen) atoms. The van der Waals surface area contributed by atoms with Crippen molar-refractivity contribution in [2.75, 3.05) is 11.6 Å². The summed E-state index contributed by atoms with van der Waals surface area (Å²) in [5, 5.41) is 16.6. The van der Waals surface area contributed by atoms with E-state index in [2.05, 4.69) is 15.4 Å². The van der Waals surface area contributed by atoms with Gasteiger partial charge in [-0.2, -0.15) is 4.98 Å². The number of carboxylic acids is 1. The maximum absolute atomic E-state index is 14.0. The zero-order valence-corrected chi connectivity index (χ0v) is 11.8. The maximum atomic E-state index is 14.0. The van der Waals surface area contributed by atoms with E-state index in [-0.39, 0.29) is 11.6 Å². The van der Waals surface area contributed by atoms with E-state index >= 15 is 0 Å². The molecule has 2 heterocycles. The first kappa shape index (κ1) is 13.6. The van der Waals surface area contributed by atoms with Gasteiger partial charge >= 0.3 is 5.97 Å². The van der Waals surface area contributed by atoms with Gasteiger partial charge in [0, 0.05) is 5.56 Å². The molecule has 0 fully saturated rings. The second-order valence-corrected chi connectivity index (χ2v) is 5.12. The Morgan fingerprint density at radius 3 is 2.90 bits per heavy atom. The van der Waals surface area contributed by atoms with E-state index in [0.717, 1.165) is 0 Å². The summed E-state index contributed by atoms with van der Waals surface area (Å²) in [4.78, 5) is 15.4. The summed E-state index contributed by atoms with van der Waals surface area (Å²) in [5.74, 6) is -1.26. The molecule has 0 saturated heterocycles. The van der Waals surface area contributed by atoms with E-state index in [1.165, 1.54) is 28.6 Å². The molecule has 108 valence electrons. The Bertz CT molecular complexity index is 744. The molecule has 0 spiro atoms. The number of aromatic nitrogens is 3. The lowest BCUT2D eigenvalue weighted by molar-refractivity contribution is -0.132. The number of fused-ring (bicyclic) bond motifs is 1. The van der Waals surface area contributed by atoms with Gasteiger partial charge in [0.2, 0.25) is 11.1 Å². The molecule has 2 aromatic rings. The monoisotopic (exact) mass is 306 g/mol. The second-order valence-electron chi connectivity index (χ2n) is 4.34. The van der Waals surface area contributed by atoms with Crippen molar-refractivity contribution in [1.82, 2.24) is 14.8 Å². The van der Waals surface area contributed by atoms with E-state index in [1.54, 1.807) is 18.2 Å². The lowest BCUT2D eigenvalue weighted by Crippen LogP contribution is -2.24. The van der Waals surface area contributed by atoms with Crippen LogP contribution in [0, 0.1) is 5.82 Å². The van der Waals surface area contributed by atoms with Crippen molar-refractivity contribution < 1.29 is 14.3 Å². The summed E-state index contributed by atoms with van der Waals surface area (Å²) in [6.07, 6.45) is 3.23. The Morgan fingerprint density at radius 1 is 1.48 bits per heavy atom. The third-order valence-corrected chi connectivity index (χ3v) is 3.62. The SMILES string of the molecule is CSc1nc2n(n1)[C@H](c1ccccc1F)C=C(C(=O)O)N2. The van der Waals surface area contributed by atoms with E-state index < -0.39 is 17.8 Å². The van der Waals surface area contributed by atoms with Crippen LogP contribution in [0.15, 0.2) is 41.2 Å². The van der Waals surface area contributed by atoms with Crippen LogP contribution in [-0.4, -0.2) is 32.1 Å². The largest absolute Gasteiger partial charge is 0.477 e. The summed E-state index contributed by atoms with van der Waals surface area (Å²) in [6.45, 7) is 0. The van der Waals surface area contributed by atoms with E-state index in [9.17, 15) is 14.3 Å². The van der Waals surface area contributed by atoms with Gasteiger partial charge < -0.3 is 10.4 Å². The highest BCUT2D eigenvalue weighted by atomic mass is 32.2. The zero-order chi connectivity index (χ0) is 15.0. The van der Waals surface area contributed by atoms with Crippen LogP contribution in [-0.2, 0) is 4.79 Å². The van der Waals surface area contributed by atoms with E-state index in [1.807, 2.05) is 6.26 Å². The molecule has 0 unspecified atom stereocenters. The number of nitrogens with zero attached hydrogens (tertiary/aromatic N) is 3. The second kappa shape index (κ2) is 5.21. The average molecular weight is 306 g/mol. The minimum absolute atomic E-state index is 0.0455. The third-order valence-electron chi connectivity index (χ3n) is 3.08. The Hall–Kier alpha value is -2.35. The first-order valence-corrected chi connectivity index (χ1v) is 7.29. The molecule has 0 radical (unpaired) electrons. The number of carboxylic acid groups (broad SMARTS) is 1. The van der Waals surface area contributed by atoms with Gasteiger partial charge in [-0.15, -0.1) is 5.10 Å². The van der Waals surface area contributed by atoms with Crippen LogP contribution in [0.1, 0.15) is 11.6 Å². The van der Waals surface area contributed by atoms with Crippen molar-refractivity contribution in [2.24, 2.45) is 0 Å². The molecule has 1 aromatic heterocycles. The third kappa shape index (κ3) is 2.38. The van der Waals surface area contributed by atoms with Crippen molar-refractivity contribution in [3.63, 3.8) is 0 Å². The van der Waals surface area contributed by atoms with Gasteiger partial charge in [0.15, 0.2) is 0 Å². The summed E-state index contributed by atoms with van der Waals surface area (Å²) in [5.41, 5.74) is 0.298. The molecule has 0 saturated carbocycles. The zero-order valence-electron chi connectivity index (χ0n) is 10.9. The lowest BCUT2D eigenvalue weighted by atomic mass is 10.0. The van der Waals surface area contributed by atoms with Crippen molar-refractivity contribution in [1.29, 1.82) is 0 Å². The summed E-state index contributed by atoms with van der Waals surface area (Å²) in [7, 11) is 0. The highest BCUT2D eigenvalue weighted by molar-refractivity contribution is 7.98. The van der Waals surface area contributed by atoms with Crippen LogP contribution in [0.4, 0.5) is 10.3 Å². The van der Waals surface area contributed by atoms with Crippen molar-refractivity contribution in [2.45, 2.75) is 11.2 Å². The smallest absolute Gasteiger partial charge is 0.352 e. The number of halogens is 1. The van der Waals surface area contributed by atoms with Gasteiger partial charge in [0.05, 0.1) is 0 Å². The van der Waals surface area contributed by atoms with Crippen LogP contribution in [0.3, 0.4) is 0 Å². The molecule has 1 aliphatic rings. The number of hydrogen-bond acceptors (Lipinski definition) is 5. The first-order chi connectivity index (χ1) is 10.1. The maximum Gasteiger partial charge on any atom is 0.352 e. The Balaban J connectivity index is 2.15. The number of allylic oxidation sites excluding steroid dienone is 1. The van der Waals surface area contributed by atoms with Crippen molar-refractivity contribution in [3.05, 3.63) is 47.4 Å². The first-order valence-electron chi connectivity index (χ1n) is 6.07. The Labute approximate surface area is 123 Å². The van der Waals surface area contributed by atoms with Gasteiger partial charge in [-0.25, -0.2) is 13.9 Å². The number of nitrogens with one attached hydrogen (secondary N) is 1. The molecule has 0 bridgehead atoms. The van der Waals surface area contributed by atoms with Gasteiger partial charge in [0.1, 0.15) is 17.6 Å². The molecule has 0 aliphatic carbocycles. The Kier molecular flexibility index (Phi) is 3.38. The van der Waals surface area contributed by atoms with Crippen LogP contribution in [0.2, 0.25) is 0 Å². The summed E-state index contributed by atoms with van der Waals surface area (Å²) in [6, 6.07) is 5.56. The van der Waals surface area contributed by atoms with E-state index in [4.69, 9.17) is 0 Å². The number of anilines is 1. The standard InChI is InChI=1S/C13H11FN4O2S/c1-21-13-16-12-15-9(11(19)20)6-10(18(12)17-13)7-4-2-3-5-8(7)14/h2-6,10H,1H3,(H,19,20)(H,15,16,17)/t10-/m0/s1. The normalized spacial score (nSPS) is 16.9. The van der Waals surface area contributed by atoms with Gasteiger partial charge in [-0.3, -0.25) is 0 Å². The lowest BCUT2D eigenvalue weighted by Gasteiger charge is -2.22. The molecule has 1 atom stereocenters. The number of carbonyl (C=O) groups is 1. The van der Waals surface area contributed by atoms with Crippen LogP contribution in [0.5, 0.6) is 0 Å². The minimum Gasteiger partial charge on any atom is -0.477 e. The molecule has 8 heteroatoms. The summed E-state index contributed by atoms with van der Waals surface area (Å²) < 4.78 is 15.5. The van der Waals surface area contributed by atoms with Gasteiger partial charge in [-0.05, 0) is 18.4 Å². The number of rotatable bonds is 3. The van der Waals surface area contributed by atoms with Gasteiger partial charge in [0.25, 0.3) is 0 Å². The highest BCUT2D eigenvalue weighted by Gasteiger charge is 2.28. The van der Waals surface area contributed by atoms with Crippen LogP contribution in [0.25, 0.3) is 0 Å². The average Bonchev–Trinajstić information content (AvgIpc) is 2.90. The van der Waals surface area contributed by atoms with Crippen molar-refractivity contribution in [3.8, 4) is 0 Å². The fraction of sp³-hybridized carbons (Fsp3) is 0.154. The highest BCUT2D eigenvalue weighted by Crippen LogP contribution is 2.31. The summed E-state index contributed by atoms with van der Waals surface area (Å²) >= 11 is 1.33. The fourth-order valence-electron chi connectivity index (χ4n) is 2.12. The fourth-order valence-corrected chi connectivity index (χ4v) is 2.47. The molecular formula is C13H11FN4O2S. The number of hydrogen-bond donors (Lipinski definition) is 2. The molecule has 1 aliphatic heterocycles. The molecule has 0 amide bonds. The molecule has 2 N–H and O–H groups in total. The molecular weight excluding hydrogens is 295 g/mol. The van der Waals surface area contributed by atoms with Crippen molar-refractivity contribution >= 4 is 23.7 Å². The van der Waals surface area contributed by atoms with Crippen LogP contribution < -0.4 is 5.32 Å². The van der Waals surface area contributed by atoms with Gasteiger partial charge in [-0.1, -0.05) is 30.0 Å². The molecule has 3 rings (SSSR count). The van der Waals surface area contributed by atoms with Crippen LogP contribution >= 0.6 is 11.8 Å². The quantitative estimate of drug-likeness (QED) is 0.846. The number of benzene rings is 1. The number of thioether (sulfide) groups is 1. The molecule has 1 aromatic carbocycles. The molecule has 6 nitrogen and oxygen atoms in total. The topological polar surface area (TPSA) is 80.0 Å². The predicted molar refractivity (Wildman–Crippen MR) is 75.7 cm³/mol. The van der Waals surface area contributed by atoms with E-state index in [0.29, 0.717) is 10.7 Å². The minimum atomic E-state index is -1.13. The Morgan fingerprint density at radius 2 is 2.24 bits per heavy atom. The number of aliphatic carboxylic acids is 1.